The monoisotopic (exact) mass is 629 g/mol. The van der Waals surface area contributed by atoms with E-state index in [4.69, 9.17) is 18.9 Å². The molecule has 0 N–H and O–H groups in total. The highest BCUT2D eigenvalue weighted by molar-refractivity contribution is 7.01. The zero-order chi connectivity index (χ0) is 32.1. The van der Waals surface area contributed by atoms with Gasteiger partial charge in [0.15, 0.2) is 0 Å². The van der Waals surface area contributed by atoms with Gasteiger partial charge in [0.2, 0.25) is 0 Å². The minimum absolute atomic E-state index is 0.0335. The second-order valence-electron chi connectivity index (χ2n) is 12.8. The number of benzene rings is 7. The summed E-state index contributed by atoms with van der Waals surface area (Å²) < 4.78 is 26.7. The molecule has 4 aliphatic rings. The lowest BCUT2D eigenvalue weighted by atomic mass is 9.31. The second-order valence-corrected chi connectivity index (χ2v) is 12.8. The summed E-state index contributed by atoms with van der Waals surface area (Å²) >= 11 is 0. The van der Waals surface area contributed by atoms with E-state index in [0.29, 0.717) is 0 Å². The van der Waals surface area contributed by atoms with Gasteiger partial charge in [0.05, 0.1) is 5.69 Å². The molecule has 0 aliphatic carbocycles. The van der Waals surface area contributed by atoms with E-state index < -0.39 is 0 Å². The molecule has 228 valence electrons. The first kappa shape index (κ1) is 26.7. The third-order valence-corrected chi connectivity index (χ3v) is 10.1. The molecule has 0 atom stereocenters. The molecule has 0 fully saturated rings. The molecule has 7 aromatic rings. The van der Waals surface area contributed by atoms with Crippen molar-refractivity contribution in [2.75, 3.05) is 4.90 Å². The molecule has 4 aliphatic heterocycles. The van der Waals surface area contributed by atoms with Gasteiger partial charge >= 0.3 is 0 Å². The van der Waals surface area contributed by atoms with Crippen molar-refractivity contribution in [3.63, 3.8) is 0 Å². The van der Waals surface area contributed by atoms with Crippen LogP contribution in [0.1, 0.15) is 0 Å². The van der Waals surface area contributed by atoms with E-state index in [1.807, 2.05) is 48.5 Å². The van der Waals surface area contributed by atoms with Crippen LogP contribution in [0.3, 0.4) is 0 Å². The lowest BCUT2D eigenvalue weighted by molar-refractivity contribution is 0.452. The van der Waals surface area contributed by atoms with Crippen molar-refractivity contribution in [3.8, 4) is 46.0 Å². The maximum absolute atomic E-state index is 6.92. The number of ether oxygens (including phenoxy) is 4. The Labute approximate surface area is 284 Å². The molecular formula is C42H25B2NO4. The molecule has 7 heteroatoms. The molecule has 0 saturated carbocycles. The van der Waals surface area contributed by atoms with Crippen LogP contribution in [0.5, 0.6) is 46.0 Å². The number of rotatable bonds is 3. The Hall–Kier alpha value is -6.33. The predicted molar refractivity (Wildman–Crippen MR) is 197 cm³/mol. The number of fused-ring (bicyclic) bond motifs is 8. The molecule has 0 unspecified atom stereocenters. The first-order valence-electron chi connectivity index (χ1n) is 16.6. The Morgan fingerprint density at radius 2 is 0.735 bits per heavy atom. The molecule has 0 amide bonds. The summed E-state index contributed by atoms with van der Waals surface area (Å²) in [7, 11) is 0. The number of anilines is 3. The van der Waals surface area contributed by atoms with Gasteiger partial charge in [0.1, 0.15) is 46.0 Å². The van der Waals surface area contributed by atoms with Crippen molar-refractivity contribution < 1.29 is 18.9 Å². The van der Waals surface area contributed by atoms with Gasteiger partial charge in [0.25, 0.3) is 13.4 Å². The van der Waals surface area contributed by atoms with Crippen molar-refractivity contribution in [2.24, 2.45) is 0 Å². The van der Waals surface area contributed by atoms with E-state index in [1.165, 1.54) is 0 Å². The van der Waals surface area contributed by atoms with Crippen LogP contribution in [0, 0.1) is 0 Å². The fraction of sp³-hybridized carbons (Fsp3) is 0. The topological polar surface area (TPSA) is 40.2 Å². The van der Waals surface area contributed by atoms with Crippen molar-refractivity contribution in [1.29, 1.82) is 0 Å². The van der Waals surface area contributed by atoms with Crippen LogP contribution in [0.2, 0.25) is 0 Å². The largest absolute Gasteiger partial charge is 0.458 e. The summed E-state index contributed by atoms with van der Waals surface area (Å²) in [5.41, 5.74) is 9.55. The average Bonchev–Trinajstić information content (AvgIpc) is 3.15. The van der Waals surface area contributed by atoms with E-state index in [1.54, 1.807) is 0 Å². The number of para-hydroxylation sites is 4. The second kappa shape index (κ2) is 10.1. The van der Waals surface area contributed by atoms with Gasteiger partial charge < -0.3 is 23.8 Å². The van der Waals surface area contributed by atoms with Gasteiger partial charge in [-0.15, -0.1) is 0 Å². The Morgan fingerprint density at radius 1 is 0.306 bits per heavy atom. The molecule has 49 heavy (non-hydrogen) atoms. The third-order valence-electron chi connectivity index (χ3n) is 10.1. The summed E-state index contributed by atoms with van der Waals surface area (Å²) in [6.07, 6.45) is 0. The minimum atomic E-state index is -0.0910. The summed E-state index contributed by atoms with van der Waals surface area (Å²) in [4.78, 5) is 2.24. The number of hydrogen-bond donors (Lipinski definition) is 0. The number of hydrogen-bond acceptors (Lipinski definition) is 5. The maximum Gasteiger partial charge on any atom is 0.260 e. The van der Waals surface area contributed by atoms with E-state index in [2.05, 4.69) is 108 Å². The summed E-state index contributed by atoms with van der Waals surface area (Å²) in [5, 5.41) is 0. The molecule has 0 bridgehead atoms. The highest BCUT2D eigenvalue weighted by Gasteiger charge is 2.45. The van der Waals surface area contributed by atoms with Gasteiger partial charge in [-0.1, -0.05) is 84.9 Å². The fourth-order valence-corrected chi connectivity index (χ4v) is 8.04. The van der Waals surface area contributed by atoms with Gasteiger partial charge in [-0.25, -0.2) is 0 Å². The predicted octanol–water partition coefficient (Wildman–Crippen LogP) is 6.61. The fourth-order valence-electron chi connectivity index (χ4n) is 8.04. The van der Waals surface area contributed by atoms with E-state index in [-0.39, 0.29) is 13.4 Å². The molecule has 5 nitrogen and oxygen atoms in total. The van der Waals surface area contributed by atoms with Gasteiger partial charge in [-0.05, 0) is 70.4 Å². The molecule has 0 aromatic heterocycles. The van der Waals surface area contributed by atoms with Crippen molar-refractivity contribution >= 4 is 63.3 Å². The van der Waals surface area contributed by atoms with Crippen LogP contribution in [-0.4, -0.2) is 13.4 Å². The van der Waals surface area contributed by atoms with E-state index in [0.717, 1.165) is 95.8 Å². The van der Waals surface area contributed by atoms with Crippen LogP contribution >= 0.6 is 0 Å². The van der Waals surface area contributed by atoms with Crippen LogP contribution in [0.25, 0.3) is 0 Å². The molecule has 7 aromatic carbocycles. The number of nitrogens with zero attached hydrogens (tertiary/aromatic N) is 1. The quantitative estimate of drug-likeness (QED) is 0.206. The smallest absolute Gasteiger partial charge is 0.260 e. The Morgan fingerprint density at radius 3 is 1.31 bits per heavy atom. The SMILES string of the molecule is c1ccc(N(c2ccccc2)c2cc3c4c(c2)Oc2cc5c(cc2B4c2ccccc2O3)B2c3ccccc3Oc3cccc(c32)O5)cc1. The first-order chi connectivity index (χ1) is 24.3. The highest BCUT2D eigenvalue weighted by Crippen LogP contribution is 2.43. The van der Waals surface area contributed by atoms with Crippen LogP contribution in [0.15, 0.2) is 152 Å². The van der Waals surface area contributed by atoms with Crippen LogP contribution < -0.4 is 56.6 Å². The van der Waals surface area contributed by atoms with Gasteiger partial charge in [-0.3, -0.25) is 0 Å². The van der Waals surface area contributed by atoms with Crippen molar-refractivity contribution in [2.45, 2.75) is 0 Å². The Bertz CT molecular complexity index is 2450. The van der Waals surface area contributed by atoms with E-state index >= 15 is 0 Å². The normalized spacial score (nSPS) is 13.5. The summed E-state index contributed by atoms with van der Waals surface area (Å²) in [5.74, 6) is 6.49. The zero-order valence-corrected chi connectivity index (χ0v) is 26.2. The average molecular weight is 629 g/mol. The molecule has 0 spiro atoms. The molecule has 0 saturated heterocycles. The molecule has 11 rings (SSSR count). The van der Waals surface area contributed by atoms with Crippen LogP contribution in [0.4, 0.5) is 17.1 Å². The molecular weight excluding hydrogens is 604 g/mol. The lowest BCUT2D eigenvalue weighted by Gasteiger charge is -2.37. The van der Waals surface area contributed by atoms with Crippen molar-refractivity contribution in [3.05, 3.63) is 152 Å². The van der Waals surface area contributed by atoms with E-state index in [9.17, 15) is 0 Å². The zero-order valence-electron chi connectivity index (χ0n) is 26.2. The van der Waals surface area contributed by atoms with Crippen LogP contribution in [-0.2, 0) is 0 Å². The standard InChI is InChI=1S/C42H25B2NO4/c1-3-12-26(13-4-1)45(27-14-5-2-6-15-27)28-22-39-42-40(23-28)49-38-25-37-31(24-32(38)44(42)30-17-8-10-19-34(30)47-39)43-29-16-7-9-18-33(29)46-35-20-11-21-36(48-37)41(35)43/h1-25H. The Balaban J connectivity index is 1.13. The Kier molecular flexibility index (Phi) is 5.50. The van der Waals surface area contributed by atoms with Crippen molar-refractivity contribution in [1.82, 2.24) is 0 Å². The lowest BCUT2D eigenvalue weighted by Crippen LogP contribution is -2.61. The first-order valence-corrected chi connectivity index (χ1v) is 16.6. The molecule has 4 heterocycles. The third kappa shape index (κ3) is 3.90. The maximum atomic E-state index is 6.92. The minimum Gasteiger partial charge on any atom is -0.458 e. The summed E-state index contributed by atoms with van der Waals surface area (Å²) in [6, 6.07) is 52.2. The summed E-state index contributed by atoms with van der Waals surface area (Å²) in [6.45, 7) is -0.125. The molecule has 0 radical (unpaired) electrons. The highest BCUT2D eigenvalue weighted by atomic mass is 16.5. The van der Waals surface area contributed by atoms with Gasteiger partial charge in [-0.2, -0.15) is 0 Å². The van der Waals surface area contributed by atoms with Gasteiger partial charge in [0, 0.05) is 40.5 Å².